The Kier molecular flexibility index (Phi) is 9.87. The molecule has 0 spiro atoms. The molecule has 0 aromatic heterocycles. The molecule has 0 saturated carbocycles. The fourth-order valence-electron chi connectivity index (χ4n) is 3.35. The van der Waals surface area contributed by atoms with Gasteiger partial charge in [-0.2, -0.15) is 0 Å². The van der Waals surface area contributed by atoms with Gasteiger partial charge < -0.3 is 21.1 Å². The first-order valence-electron chi connectivity index (χ1n) is 9.66. The highest BCUT2D eigenvalue weighted by Crippen LogP contribution is 2.25. The minimum absolute atomic E-state index is 0.638. The van der Waals surface area contributed by atoms with Crippen LogP contribution in [0.4, 0.5) is 0 Å². The van der Waals surface area contributed by atoms with Crippen molar-refractivity contribution in [2.75, 3.05) is 39.8 Å². The number of piperidine rings is 1. The quantitative estimate of drug-likeness (QED) is 0.665. The number of benzene rings is 2. The molecule has 0 atom stereocenters. The average molecular weight is 388 g/mol. The summed E-state index contributed by atoms with van der Waals surface area (Å²) in [6.45, 7) is 5.72. The lowest BCUT2D eigenvalue weighted by Gasteiger charge is -2.30. The Hall–Kier alpha value is -1.37. The fourth-order valence-corrected chi connectivity index (χ4v) is 3.50. The number of nitrogens with zero attached hydrogens (tertiary/aromatic N) is 1. The number of nitrogens with two attached hydrogens (primary N) is 2. The standard InChI is InChI=1S/C14H14OS.C8H19N3/c1-15-10-12-4-2-3-5-14(12)11-6-8-13(16)9-7-11;9-3-6-11-4-1-8(7-10)2-5-11/h2-9,16H,10H2,1H3;8H,1-7,9-10H2. The summed E-state index contributed by atoms with van der Waals surface area (Å²) in [5.74, 6) is 0.768. The molecule has 2 aromatic carbocycles. The molecule has 4 N–H and O–H groups in total. The summed E-state index contributed by atoms with van der Waals surface area (Å²) in [7, 11) is 1.72. The molecule has 0 amide bonds. The van der Waals surface area contributed by atoms with Crippen LogP contribution in [0.2, 0.25) is 0 Å². The molecule has 0 aliphatic carbocycles. The van der Waals surface area contributed by atoms with Gasteiger partial charge in [0.15, 0.2) is 0 Å². The van der Waals surface area contributed by atoms with Crippen LogP contribution in [0, 0.1) is 5.92 Å². The lowest BCUT2D eigenvalue weighted by atomic mass is 9.97. The van der Waals surface area contributed by atoms with E-state index in [4.69, 9.17) is 16.2 Å². The van der Waals surface area contributed by atoms with Gasteiger partial charge in [0.2, 0.25) is 0 Å². The smallest absolute Gasteiger partial charge is 0.0719 e. The first-order valence-corrected chi connectivity index (χ1v) is 10.1. The number of hydrogen-bond donors (Lipinski definition) is 3. The number of rotatable bonds is 6. The molecule has 0 bridgehead atoms. The molecular formula is C22H33N3OS. The summed E-state index contributed by atoms with van der Waals surface area (Å²) < 4.78 is 5.20. The van der Waals surface area contributed by atoms with Crippen molar-refractivity contribution < 1.29 is 4.74 Å². The maximum Gasteiger partial charge on any atom is 0.0719 e. The van der Waals surface area contributed by atoms with Crippen LogP contribution in [-0.2, 0) is 11.3 Å². The molecule has 5 heteroatoms. The molecule has 2 aromatic rings. The van der Waals surface area contributed by atoms with Crippen molar-refractivity contribution in [1.29, 1.82) is 0 Å². The maximum atomic E-state index is 5.58. The van der Waals surface area contributed by atoms with Crippen LogP contribution in [0.5, 0.6) is 0 Å². The van der Waals surface area contributed by atoms with Crippen molar-refractivity contribution in [2.45, 2.75) is 24.3 Å². The normalized spacial score (nSPS) is 15.3. The monoisotopic (exact) mass is 387 g/mol. The molecule has 0 unspecified atom stereocenters. The summed E-state index contributed by atoms with van der Waals surface area (Å²) in [6.07, 6.45) is 2.52. The van der Waals surface area contributed by atoms with Crippen molar-refractivity contribution in [3.8, 4) is 11.1 Å². The van der Waals surface area contributed by atoms with E-state index in [1.54, 1.807) is 7.11 Å². The fraction of sp³-hybridized carbons (Fsp3) is 0.455. The molecule has 148 valence electrons. The Labute approximate surface area is 169 Å². The Morgan fingerprint density at radius 3 is 2.30 bits per heavy atom. The van der Waals surface area contributed by atoms with Crippen LogP contribution in [0.15, 0.2) is 53.4 Å². The van der Waals surface area contributed by atoms with Gasteiger partial charge in [-0.25, -0.2) is 0 Å². The summed E-state index contributed by atoms with van der Waals surface area (Å²) >= 11 is 4.29. The van der Waals surface area contributed by atoms with Crippen molar-refractivity contribution in [1.82, 2.24) is 4.90 Å². The Morgan fingerprint density at radius 1 is 1.04 bits per heavy atom. The van der Waals surface area contributed by atoms with Crippen molar-refractivity contribution >= 4 is 12.6 Å². The van der Waals surface area contributed by atoms with E-state index in [2.05, 4.69) is 41.8 Å². The van der Waals surface area contributed by atoms with Gasteiger partial charge in [0.05, 0.1) is 6.61 Å². The number of likely N-dealkylation sites (tertiary alicyclic amines) is 1. The summed E-state index contributed by atoms with van der Waals surface area (Å²) in [6, 6.07) is 16.4. The molecule has 4 nitrogen and oxygen atoms in total. The molecule has 1 fully saturated rings. The second-order valence-corrected chi connectivity index (χ2v) is 7.46. The summed E-state index contributed by atoms with van der Waals surface area (Å²) in [5.41, 5.74) is 14.7. The second-order valence-electron chi connectivity index (χ2n) is 6.95. The SMILES string of the molecule is COCc1ccccc1-c1ccc(S)cc1.NCCN1CCC(CN)CC1. The lowest BCUT2D eigenvalue weighted by molar-refractivity contribution is 0.185. The highest BCUT2D eigenvalue weighted by Gasteiger charge is 2.16. The summed E-state index contributed by atoms with van der Waals surface area (Å²) in [4.78, 5) is 3.40. The zero-order chi connectivity index (χ0) is 19.5. The van der Waals surface area contributed by atoms with Gasteiger partial charge in [-0.3, -0.25) is 0 Å². The predicted octanol–water partition coefficient (Wildman–Crippen LogP) is 3.40. The van der Waals surface area contributed by atoms with Crippen LogP contribution in [-0.4, -0.2) is 44.7 Å². The van der Waals surface area contributed by atoms with E-state index in [1.165, 1.54) is 42.6 Å². The third kappa shape index (κ3) is 7.28. The van der Waals surface area contributed by atoms with Crippen LogP contribution in [0.25, 0.3) is 11.1 Å². The van der Waals surface area contributed by atoms with Crippen molar-refractivity contribution in [3.63, 3.8) is 0 Å². The molecule has 1 saturated heterocycles. The number of thiol groups is 1. The van der Waals surface area contributed by atoms with Crippen LogP contribution in [0.3, 0.4) is 0 Å². The van der Waals surface area contributed by atoms with E-state index in [-0.39, 0.29) is 0 Å². The number of methoxy groups -OCH3 is 1. The van der Waals surface area contributed by atoms with E-state index in [9.17, 15) is 0 Å². The van der Waals surface area contributed by atoms with E-state index in [1.807, 2.05) is 24.3 Å². The largest absolute Gasteiger partial charge is 0.380 e. The lowest BCUT2D eigenvalue weighted by Crippen LogP contribution is -2.38. The van der Waals surface area contributed by atoms with Gasteiger partial charge in [-0.05, 0) is 67.2 Å². The minimum atomic E-state index is 0.638. The molecule has 1 aliphatic rings. The highest BCUT2D eigenvalue weighted by atomic mass is 32.1. The van der Waals surface area contributed by atoms with E-state index >= 15 is 0 Å². The molecular weight excluding hydrogens is 354 g/mol. The molecule has 1 heterocycles. The van der Waals surface area contributed by atoms with Gasteiger partial charge in [0.25, 0.3) is 0 Å². The number of ether oxygens (including phenoxy) is 1. The van der Waals surface area contributed by atoms with Gasteiger partial charge in [-0.15, -0.1) is 12.6 Å². The van der Waals surface area contributed by atoms with Crippen LogP contribution >= 0.6 is 12.6 Å². The highest BCUT2D eigenvalue weighted by molar-refractivity contribution is 7.80. The Balaban J connectivity index is 0.000000208. The molecule has 0 radical (unpaired) electrons. The minimum Gasteiger partial charge on any atom is -0.380 e. The Morgan fingerprint density at radius 2 is 1.70 bits per heavy atom. The van der Waals surface area contributed by atoms with E-state index in [0.29, 0.717) is 6.61 Å². The first kappa shape index (κ1) is 21.9. The second kappa shape index (κ2) is 12.2. The third-order valence-corrected chi connectivity index (χ3v) is 5.28. The zero-order valence-electron chi connectivity index (χ0n) is 16.3. The van der Waals surface area contributed by atoms with Crippen molar-refractivity contribution in [3.05, 3.63) is 54.1 Å². The molecule has 1 aliphatic heterocycles. The van der Waals surface area contributed by atoms with Gasteiger partial charge >= 0.3 is 0 Å². The zero-order valence-corrected chi connectivity index (χ0v) is 17.2. The average Bonchev–Trinajstić information content (AvgIpc) is 2.71. The predicted molar refractivity (Wildman–Crippen MR) is 117 cm³/mol. The van der Waals surface area contributed by atoms with Crippen LogP contribution in [0.1, 0.15) is 18.4 Å². The molecule has 3 rings (SSSR count). The number of hydrogen-bond acceptors (Lipinski definition) is 5. The maximum absolute atomic E-state index is 5.58. The van der Waals surface area contributed by atoms with E-state index in [0.717, 1.165) is 30.4 Å². The van der Waals surface area contributed by atoms with Gasteiger partial charge in [0.1, 0.15) is 0 Å². The van der Waals surface area contributed by atoms with Crippen LogP contribution < -0.4 is 11.5 Å². The Bertz CT molecular complexity index is 655. The van der Waals surface area contributed by atoms with Gasteiger partial charge in [0, 0.05) is 25.1 Å². The third-order valence-electron chi connectivity index (χ3n) is 4.98. The molecule has 27 heavy (non-hydrogen) atoms. The van der Waals surface area contributed by atoms with Crippen molar-refractivity contribution in [2.24, 2.45) is 17.4 Å². The van der Waals surface area contributed by atoms with Gasteiger partial charge in [-0.1, -0.05) is 36.4 Å². The topological polar surface area (TPSA) is 64.5 Å². The van der Waals surface area contributed by atoms with E-state index < -0.39 is 0 Å². The first-order chi connectivity index (χ1) is 13.2. The summed E-state index contributed by atoms with van der Waals surface area (Å²) in [5, 5.41) is 0.